The first kappa shape index (κ1) is 31.5. The van der Waals surface area contributed by atoms with Gasteiger partial charge in [0.1, 0.15) is 0 Å². The lowest BCUT2D eigenvalue weighted by molar-refractivity contribution is -0.452. The summed E-state index contributed by atoms with van der Waals surface area (Å²) in [6, 6.07) is 13.7. The van der Waals surface area contributed by atoms with Gasteiger partial charge in [0.15, 0.2) is 0 Å². The standard InChI is InChI=1S/C25H32O12Si2/c1-38(2,3)20-12-8-18(9-13-20)22(26)32-36-34-24(28)30-16-7-17-31-25(29)35-37-33-23(27)19-10-14-21(15-11-19)39(4,5)6/h8-15H,7,16-17H2,1-6H3. The fourth-order valence-electron chi connectivity index (χ4n) is 2.88. The summed E-state index contributed by atoms with van der Waals surface area (Å²) in [4.78, 5) is 63.9. The van der Waals surface area contributed by atoms with E-state index < -0.39 is 40.4 Å². The quantitative estimate of drug-likeness (QED) is 0.117. The van der Waals surface area contributed by atoms with Gasteiger partial charge in [0.05, 0.1) is 50.6 Å². The number of hydrogen-bond donors (Lipinski definition) is 0. The molecular formula is C25H32O12Si2. The van der Waals surface area contributed by atoms with Crippen LogP contribution in [0.1, 0.15) is 27.1 Å². The van der Waals surface area contributed by atoms with E-state index >= 15 is 0 Å². The van der Waals surface area contributed by atoms with Crippen molar-refractivity contribution in [2.45, 2.75) is 45.7 Å². The second-order valence-corrected chi connectivity index (χ2v) is 20.4. The summed E-state index contributed by atoms with van der Waals surface area (Å²) in [6.45, 7) is 12.6. The number of hydrogen-bond acceptors (Lipinski definition) is 12. The fourth-order valence-corrected chi connectivity index (χ4v) is 5.21. The molecule has 0 amide bonds. The van der Waals surface area contributed by atoms with Gasteiger partial charge in [0.25, 0.3) is 0 Å². The Morgan fingerprint density at radius 2 is 0.872 bits per heavy atom. The summed E-state index contributed by atoms with van der Waals surface area (Å²) in [7, 11) is -3.02. The highest BCUT2D eigenvalue weighted by atomic mass is 28.3. The number of benzene rings is 2. The zero-order valence-corrected chi connectivity index (χ0v) is 24.6. The Hall–Kier alpha value is -3.73. The molecule has 212 valence electrons. The molecule has 0 aliphatic heterocycles. The second-order valence-electron chi connectivity index (χ2n) is 10.2. The average Bonchev–Trinajstić information content (AvgIpc) is 2.87. The minimum absolute atomic E-state index is 0.0522. The molecule has 0 N–H and O–H groups in total. The van der Waals surface area contributed by atoms with Crippen molar-refractivity contribution in [3.8, 4) is 0 Å². The molecule has 0 spiro atoms. The molecule has 0 aliphatic rings. The van der Waals surface area contributed by atoms with Crippen molar-refractivity contribution in [3.63, 3.8) is 0 Å². The van der Waals surface area contributed by atoms with E-state index in [0.29, 0.717) is 0 Å². The number of carbonyl (C=O) groups excluding carboxylic acids is 4. The molecule has 0 fully saturated rings. The molecule has 0 saturated heterocycles. The van der Waals surface area contributed by atoms with Crippen LogP contribution in [0.4, 0.5) is 9.59 Å². The first-order valence-electron chi connectivity index (χ1n) is 11.9. The highest BCUT2D eigenvalue weighted by molar-refractivity contribution is 6.89. The van der Waals surface area contributed by atoms with Crippen LogP contribution < -0.4 is 10.4 Å². The van der Waals surface area contributed by atoms with Crippen LogP contribution in [0.15, 0.2) is 48.5 Å². The first-order valence-corrected chi connectivity index (χ1v) is 18.9. The zero-order valence-electron chi connectivity index (χ0n) is 22.6. The lowest BCUT2D eigenvalue weighted by Gasteiger charge is -2.16. The third-order valence-electron chi connectivity index (χ3n) is 5.13. The van der Waals surface area contributed by atoms with Gasteiger partial charge in [-0.25, -0.2) is 29.0 Å². The molecule has 2 rings (SSSR count). The molecule has 0 radical (unpaired) electrons. The summed E-state index contributed by atoms with van der Waals surface area (Å²) in [6.07, 6.45) is -2.52. The topological polar surface area (TPSA) is 142 Å². The maximum atomic E-state index is 11.9. The van der Waals surface area contributed by atoms with Gasteiger partial charge in [0.2, 0.25) is 0 Å². The van der Waals surface area contributed by atoms with Crippen molar-refractivity contribution in [1.29, 1.82) is 0 Å². The third-order valence-corrected chi connectivity index (χ3v) is 9.26. The Balaban J connectivity index is 1.53. The van der Waals surface area contributed by atoms with Crippen LogP contribution in [0.3, 0.4) is 0 Å². The van der Waals surface area contributed by atoms with Crippen LogP contribution in [0.2, 0.25) is 39.3 Å². The fraction of sp³-hybridized carbons (Fsp3) is 0.360. The Kier molecular flexibility index (Phi) is 11.7. The van der Waals surface area contributed by atoms with E-state index in [-0.39, 0.29) is 30.8 Å². The number of carbonyl (C=O) groups is 4. The lowest BCUT2D eigenvalue weighted by atomic mass is 10.2. The Bertz CT molecular complexity index is 1030. The number of rotatable bonds is 12. The normalized spacial score (nSPS) is 11.2. The first-order chi connectivity index (χ1) is 18.3. The number of ether oxygens (including phenoxy) is 2. The maximum Gasteiger partial charge on any atom is 0.543 e. The van der Waals surface area contributed by atoms with E-state index in [0.717, 1.165) is 10.4 Å². The van der Waals surface area contributed by atoms with Crippen LogP contribution in [0, 0.1) is 0 Å². The van der Waals surface area contributed by atoms with Crippen LogP contribution in [0.5, 0.6) is 0 Å². The van der Waals surface area contributed by atoms with Crippen LogP contribution in [0.25, 0.3) is 0 Å². The zero-order chi connectivity index (χ0) is 29.1. The van der Waals surface area contributed by atoms with Crippen molar-refractivity contribution in [3.05, 3.63) is 59.7 Å². The van der Waals surface area contributed by atoms with Crippen molar-refractivity contribution < 1.29 is 58.3 Å². The molecule has 12 nitrogen and oxygen atoms in total. The highest BCUT2D eigenvalue weighted by Crippen LogP contribution is 2.08. The molecule has 0 atom stereocenters. The van der Waals surface area contributed by atoms with Gasteiger partial charge in [-0.1, -0.05) is 73.9 Å². The molecule has 2 aromatic rings. The average molecular weight is 581 g/mol. The summed E-state index contributed by atoms with van der Waals surface area (Å²) in [5.74, 6) is -1.71. The van der Waals surface area contributed by atoms with E-state index in [2.05, 4.69) is 78.4 Å². The molecular weight excluding hydrogens is 548 g/mol. The van der Waals surface area contributed by atoms with E-state index in [1.54, 1.807) is 24.3 Å². The van der Waals surface area contributed by atoms with Gasteiger partial charge in [0, 0.05) is 6.42 Å². The van der Waals surface area contributed by atoms with Crippen molar-refractivity contribution in [1.82, 2.24) is 0 Å². The van der Waals surface area contributed by atoms with E-state index in [1.165, 1.54) is 0 Å². The minimum atomic E-state index is -1.51. The predicted octanol–water partition coefficient (Wildman–Crippen LogP) is 4.18. The maximum absolute atomic E-state index is 11.9. The molecule has 0 saturated carbocycles. The molecule has 0 heterocycles. The summed E-state index contributed by atoms with van der Waals surface area (Å²) in [5.41, 5.74) is 0.431. The smallest absolute Gasteiger partial charge is 0.432 e. The van der Waals surface area contributed by atoms with Gasteiger partial charge in [-0.15, -0.1) is 0 Å². The molecule has 0 bridgehead atoms. The third kappa shape index (κ3) is 11.3. The summed E-state index contributed by atoms with van der Waals surface area (Å²) >= 11 is 0. The highest BCUT2D eigenvalue weighted by Gasteiger charge is 2.19. The molecule has 14 heteroatoms. The van der Waals surface area contributed by atoms with Crippen molar-refractivity contribution in [2.75, 3.05) is 13.2 Å². The molecule has 0 aliphatic carbocycles. The van der Waals surface area contributed by atoms with Crippen LogP contribution in [-0.4, -0.2) is 53.6 Å². The Morgan fingerprint density at radius 1 is 0.538 bits per heavy atom. The van der Waals surface area contributed by atoms with E-state index in [1.807, 2.05) is 24.3 Å². The van der Waals surface area contributed by atoms with Crippen molar-refractivity contribution >= 4 is 50.8 Å². The monoisotopic (exact) mass is 580 g/mol. The lowest BCUT2D eigenvalue weighted by Crippen LogP contribution is -2.37. The largest absolute Gasteiger partial charge is 0.543 e. The van der Waals surface area contributed by atoms with Gasteiger partial charge in [-0.05, 0) is 24.3 Å². The Morgan fingerprint density at radius 3 is 1.18 bits per heavy atom. The summed E-state index contributed by atoms with van der Waals surface area (Å²) < 4.78 is 9.30. The van der Waals surface area contributed by atoms with Gasteiger partial charge >= 0.3 is 24.2 Å². The van der Waals surface area contributed by atoms with Crippen LogP contribution in [-0.2, 0) is 39.1 Å². The molecule has 0 aromatic heterocycles. The minimum Gasteiger partial charge on any atom is -0.432 e. The predicted molar refractivity (Wildman–Crippen MR) is 141 cm³/mol. The second kappa shape index (κ2) is 14.4. The van der Waals surface area contributed by atoms with E-state index in [4.69, 9.17) is 0 Å². The van der Waals surface area contributed by atoms with Gasteiger partial charge in [-0.3, -0.25) is 9.78 Å². The van der Waals surface area contributed by atoms with Crippen LogP contribution >= 0.6 is 0 Å². The molecule has 0 unspecified atom stereocenters. The Labute approximate surface area is 227 Å². The summed E-state index contributed by atoms with van der Waals surface area (Å²) in [5, 5.41) is 10.6. The van der Waals surface area contributed by atoms with Gasteiger partial charge < -0.3 is 9.47 Å². The van der Waals surface area contributed by atoms with E-state index in [9.17, 15) is 19.2 Å². The molecule has 39 heavy (non-hydrogen) atoms. The SMILES string of the molecule is C[Si](C)(C)c1ccc(C(=O)OOOC(=O)OCCCOC(=O)OOOC(=O)c2ccc([Si](C)(C)C)cc2)cc1. The van der Waals surface area contributed by atoms with Gasteiger partial charge in [-0.2, -0.15) is 0 Å². The molecule has 2 aromatic carbocycles. The van der Waals surface area contributed by atoms with Crippen molar-refractivity contribution in [2.24, 2.45) is 0 Å².